The Morgan fingerprint density at radius 2 is 1.93 bits per heavy atom. The van der Waals surface area contributed by atoms with E-state index in [0.717, 1.165) is 18.3 Å². The van der Waals surface area contributed by atoms with Crippen LogP contribution in [0.5, 0.6) is 0 Å². The van der Waals surface area contributed by atoms with Gasteiger partial charge in [0.25, 0.3) is 0 Å². The van der Waals surface area contributed by atoms with E-state index in [2.05, 4.69) is 20.8 Å². The first-order valence-electron chi connectivity index (χ1n) is 6.53. The molecule has 0 heterocycles. The molecule has 0 saturated heterocycles. The zero-order valence-corrected chi connectivity index (χ0v) is 10.2. The molecule has 0 aromatic rings. The molecule has 1 heteroatoms. The number of rotatable bonds is 0. The Hall–Kier alpha value is -0.330. The highest BCUT2D eigenvalue weighted by molar-refractivity contribution is 5.89. The van der Waals surface area contributed by atoms with Crippen LogP contribution in [-0.2, 0) is 4.79 Å². The second kappa shape index (κ2) is 2.67. The molecule has 0 aliphatic heterocycles. The van der Waals surface area contributed by atoms with E-state index in [1.54, 1.807) is 0 Å². The molecule has 4 saturated carbocycles. The molecule has 0 aromatic carbocycles. The fourth-order valence-corrected chi connectivity index (χ4v) is 4.99. The van der Waals surface area contributed by atoms with Crippen LogP contribution in [0.25, 0.3) is 0 Å². The molecule has 5 atom stereocenters. The molecule has 0 unspecified atom stereocenters. The van der Waals surface area contributed by atoms with Crippen molar-refractivity contribution in [3.05, 3.63) is 0 Å². The van der Waals surface area contributed by atoms with Crippen LogP contribution in [0.1, 0.15) is 52.9 Å². The third-order valence-electron chi connectivity index (χ3n) is 6.33. The third-order valence-corrected chi connectivity index (χ3v) is 6.33. The molecule has 4 aliphatic carbocycles. The average Bonchev–Trinajstić information content (AvgIpc) is 2.21. The van der Waals surface area contributed by atoms with Crippen LogP contribution in [0.4, 0.5) is 0 Å². The summed E-state index contributed by atoms with van der Waals surface area (Å²) in [6.45, 7) is 7.07. The van der Waals surface area contributed by atoms with E-state index in [1.807, 2.05) is 0 Å². The molecule has 15 heavy (non-hydrogen) atoms. The van der Waals surface area contributed by atoms with Crippen molar-refractivity contribution >= 4 is 5.78 Å². The lowest BCUT2D eigenvalue weighted by Crippen LogP contribution is -2.62. The number of hydrogen-bond acceptors (Lipinski definition) is 1. The van der Waals surface area contributed by atoms with Gasteiger partial charge in [-0.1, -0.05) is 20.8 Å². The summed E-state index contributed by atoms with van der Waals surface area (Å²) >= 11 is 0. The molecule has 4 fully saturated rings. The van der Waals surface area contributed by atoms with E-state index in [4.69, 9.17) is 0 Å². The first kappa shape index (κ1) is 9.86. The van der Waals surface area contributed by atoms with Crippen LogP contribution in [0.15, 0.2) is 0 Å². The minimum absolute atomic E-state index is 0.0331. The van der Waals surface area contributed by atoms with E-state index in [0.29, 0.717) is 17.1 Å². The molecule has 1 nitrogen and oxygen atoms in total. The fraction of sp³-hybridized carbons (Fsp3) is 0.929. The van der Waals surface area contributed by atoms with E-state index in [1.165, 1.54) is 25.7 Å². The van der Waals surface area contributed by atoms with E-state index >= 15 is 0 Å². The van der Waals surface area contributed by atoms with Crippen molar-refractivity contribution in [2.45, 2.75) is 52.9 Å². The van der Waals surface area contributed by atoms with Crippen molar-refractivity contribution in [2.24, 2.45) is 28.6 Å². The Bertz CT molecular complexity index is 321. The highest BCUT2D eigenvalue weighted by atomic mass is 16.1. The van der Waals surface area contributed by atoms with Gasteiger partial charge >= 0.3 is 0 Å². The summed E-state index contributed by atoms with van der Waals surface area (Å²) in [5.41, 5.74) is 0.363. The highest BCUT2D eigenvalue weighted by Crippen LogP contribution is 2.67. The number of hydrogen-bond donors (Lipinski definition) is 0. The summed E-state index contributed by atoms with van der Waals surface area (Å²) < 4.78 is 0. The van der Waals surface area contributed by atoms with Gasteiger partial charge < -0.3 is 0 Å². The summed E-state index contributed by atoms with van der Waals surface area (Å²) in [6.07, 6.45) is 6.10. The second-order valence-corrected chi connectivity index (χ2v) is 6.71. The quantitative estimate of drug-likeness (QED) is 0.593. The lowest BCUT2D eigenvalue weighted by atomic mass is 9.38. The Morgan fingerprint density at radius 3 is 2.67 bits per heavy atom. The van der Waals surface area contributed by atoms with Crippen LogP contribution in [0.2, 0.25) is 0 Å². The van der Waals surface area contributed by atoms with Gasteiger partial charge in [-0.3, -0.25) is 4.79 Å². The molecule has 0 radical (unpaired) electrons. The number of carbonyl (C=O) groups excluding carboxylic acids is 1. The number of carbonyl (C=O) groups is 1. The monoisotopic (exact) mass is 206 g/mol. The summed E-state index contributed by atoms with van der Waals surface area (Å²) in [5.74, 6) is 2.70. The SMILES string of the molecule is C[C@H]1CC[C@@]2(C)C(=O)[C@@H]3CC[C@@]2(C)[C@H]1C3. The standard InChI is InChI=1S/C14H22O/c1-9-4-6-14(3)12(15)10-5-7-13(14,2)11(9)8-10/h9-11H,4-8H2,1-3H3/t9-,10+,11-,13-,14-/m0/s1. The minimum atomic E-state index is 0.0331. The molecular formula is C14H22O. The zero-order valence-electron chi connectivity index (χ0n) is 10.2. The van der Waals surface area contributed by atoms with E-state index in [-0.39, 0.29) is 5.41 Å². The maximum Gasteiger partial charge on any atom is 0.142 e. The van der Waals surface area contributed by atoms with Crippen molar-refractivity contribution in [3.8, 4) is 0 Å². The molecule has 4 rings (SSSR count). The van der Waals surface area contributed by atoms with Gasteiger partial charge in [-0.15, -0.1) is 0 Å². The Kier molecular flexibility index (Phi) is 1.76. The molecule has 4 bridgehead atoms. The minimum Gasteiger partial charge on any atom is -0.299 e. The molecular weight excluding hydrogens is 184 g/mol. The van der Waals surface area contributed by atoms with Gasteiger partial charge in [-0.25, -0.2) is 0 Å². The van der Waals surface area contributed by atoms with Gasteiger partial charge in [-0.2, -0.15) is 0 Å². The maximum absolute atomic E-state index is 12.4. The third kappa shape index (κ3) is 0.933. The largest absolute Gasteiger partial charge is 0.299 e. The van der Waals surface area contributed by atoms with E-state index in [9.17, 15) is 4.79 Å². The molecule has 4 aliphatic rings. The maximum atomic E-state index is 12.4. The molecule has 0 spiro atoms. The molecule has 0 N–H and O–H groups in total. The Morgan fingerprint density at radius 1 is 1.20 bits per heavy atom. The summed E-state index contributed by atoms with van der Waals surface area (Å²) in [6, 6.07) is 0. The van der Waals surface area contributed by atoms with Crippen molar-refractivity contribution in [2.75, 3.05) is 0 Å². The highest BCUT2D eigenvalue weighted by Gasteiger charge is 2.64. The molecule has 0 amide bonds. The lowest BCUT2D eigenvalue weighted by molar-refractivity contribution is -0.182. The average molecular weight is 206 g/mol. The summed E-state index contributed by atoms with van der Waals surface area (Å²) in [7, 11) is 0. The topological polar surface area (TPSA) is 17.1 Å². The van der Waals surface area contributed by atoms with Crippen molar-refractivity contribution < 1.29 is 4.79 Å². The first-order valence-corrected chi connectivity index (χ1v) is 6.53. The van der Waals surface area contributed by atoms with Gasteiger partial charge in [0.2, 0.25) is 0 Å². The lowest BCUT2D eigenvalue weighted by Gasteiger charge is -2.64. The van der Waals surface area contributed by atoms with Crippen LogP contribution in [0, 0.1) is 28.6 Å². The van der Waals surface area contributed by atoms with Crippen molar-refractivity contribution in [1.29, 1.82) is 0 Å². The van der Waals surface area contributed by atoms with Crippen molar-refractivity contribution in [3.63, 3.8) is 0 Å². The van der Waals surface area contributed by atoms with Gasteiger partial charge in [0, 0.05) is 11.3 Å². The predicted octanol–water partition coefficient (Wildman–Crippen LogP) is 3.43. The number of ketones is 1. The Balaban J connectivity index is 2.11. The second-order valence-electron chi connectivity index (χ2n) is 6.71. The van der Waals surface area contributed by atoms with Gasteiger partial charge in [0.05, 0.1) is 0 Å². The molecule has 84 valence electrons. The van der Waals surface area contributed by atoms with E-state index < -0.39 is 0 Å². The van der Waals surface area contributed by atoms with Gasteiger partial charge in [0.15, 0.2) is 0 Å². The smallest absolute Gasteiger partial charge is 0.142 e. The zero-order chi connectivity index (χ0) is 10.8. The number of Topliss-reactive ketones (excluding diaryl/α,β-unsaturated/α-hetero) is 1. The van der Waals surface area contributed by atoms with Crippen molar-refractivity contribution in [1.82, 2.24) is 0 Å². The van der Waals surface area contributed by atoms with Gasteiger partial charge in [0.1, 0.15) is 5.78 Å². The van der Waals surface area contributed by atoms with Crippen LogP contribution >= 0.6 is 0 Å². The summed E-state index contributed by atoms with van der Waals surface area (Å²) in [5, 5.41) is 0. The predicted molar refractivity (Wildman–Crippen MR) is 60.5 cm³/mol. The van der Waals surface area contributed by atoms with Crippen LogP contribution in [0.3, 0.4) is 0 Å². The Labute approximate surface area is 92.6 Å². The molecule has 0 aromatic heterocycles. The summed E-state index contributed by atoms with van der Waals surface area (Å²) in [4.78, 5) is 12.4. The number of fused-ring (bicyclic) bond motifs is 1. The first-order chi connectivity index (χ1) is 6.99. The normalized spacial score (nSPS) is 58.3. The van der Waals surface area contributed by atoms with Crippen LogP contribution in [-0.4, -0.2) is 5.78 Å². The fourth-order valence-electron chi connectivity index (χ4n) is 4.99. The van der Waals surface area contributed by atoms with Crippen LogP contribution < -0.4 is 0 Å². The van der Waals surface area contributed by atoms with Gasteiger partial charge in [-0.05, 0) is 49.4 Å².